The Labute approximate surface area is 103 Å². The second kappa shape index (κ2) is 4.26. The Morgan fingerprint density at radius 2 is 2.17 bits per heavy atom. The maximum Gasteiger partial charge on any atom is 0.298 e. The van der Waals surface area contributed by atoms with E-state index in [4.69, 9.17) is 4.42 Å². The Balaban J connectivity index is 1.97. The number of rotatable bonds is 2. The predicted octanol–water partition coefficient (Wildman–Crippen LogP) is 1.15. The molecule has 2 heterocycles. The minimum absolute atomic E-state index is 0.0302. The van der Waals surface area contributed by atoms with Gasteiger partial charge in [0.05, 0.1) is 4.92 Å². The smallest absolute Gasteiger partial charge is 0.298 e. The van der Waals surface area contributed by atoms with E-state index in [-0.39, 0.29) is 5.69 Å². The van der Waals surface area contributed by atoms with Gasteiger partial charge in [-0.05, 0) is 6.07 Å². The molecule has 2 aromatic rings. The van der Waals surface area contributed by atoms with E-state index in [2.05, 4.69) is 10.3 Å². The van der Waals surface area contributed by atoms with E-state index in [1.807, 2.05) is 4.90 Å². The van der Waals surface area contributed by atoms with Gasteiger partial charge < -0.3 is 14.6 Å². The van der Waals surface area contributed by atoms with Crippen molar-refractivity contribution in [2.75, 3.05) is 31.1 Å². The number of non-ortho nitro benzene ring substituents is 1. The highest BCUT2D eigenvalue weighted by molar-refractivity contribution is 5.77. The number of oxazole rings is 1. The maximum atomic E-state index is 10.7. The van der Waals surface area contributed by atoms with Crippen molar-refractivity contribution in [3.8, 4) is 0 Å². The Bertz CT molecular complexity index is 589. The molecule has 0 unspecified atom stereocenters. The van der Waals surface area contributed by atoms with E-state index in [1.165, 1.54) is 12.1 Å². The molecular weight excluding hydrogens is 236 g/mol. The zero-order valence-electron chi connectivity index (χ0n) is 9.63. The molecule has 0 aliphatic carbocycles. The SMILES string of the molecule is O=[N+]([O-])c1ccc2oc(N3CCNCC3)nc2c1. The number of hydrogen-bond donors (Lipinski definition) is 1. The lowest BCUT2D eigenvalue weighted by molar-refractivity contribution is -0.384. The number of nitrogens with zero attached hydrogens (tertiary/aromatic N) is 3. The molecule has 7 heteroatoms. The molecule has 1 aromatic heterocycles. The molecule has 1 N–H and O–H groups in total. The van der Waals surface area contributed by atoms with Gasteiger partial charge in [-0.3, -0.25) is 10.1 Å². The van der Waals surface area contributed by atoms with Crippen LogP contribution in [-0.2, 0) is 0 Å². The lowest BCUT2D eigenvalue weighted by Gasteiger charge is -2.25. The van der Waals surface area contributed by atoms with Gasteiger partial charge in [0, 0.05) is 38.3 Å². The Morgan fingerprint density at radius 1 is 1.39 bits per heavy atom. The van der Waals surface area contributed by atoms with Crippen LogP contribution in [-0.4, -0.2) is 36.1 Å². The van der Waals surface area contributed by atoms with Gasteiger partial charge in [-0.15, -0.1) is 0 Å². The molecule has 7 nitrogen and oxygen atoms in total. The molecule has 1 aliphatic rings. The molecule has 3 rings (SSSR count). The molecule has 94 valence electrons. The van der Waals surface area contributed by atoms with Gasteiger partial charge in [0.25, 0.3) is 11.7 Å². The molecule has 0 saturated carbocycles. The van der Waals surface area contributed by atoms with Crippen LogP contribution in [0.2, 0.25) is 0 Å². The highest BCUT2D eigenvalue weighted by atomic mass is 16.6. The third-order valence-electron chi connectivity index (χ3n) is 2.96. The first-order valence-corrected chi connectivity index (χ1v) is 5.75. The second-order valence-electron chi connectivity index (χ2n) is 4.14. The molecule has 0 amide bonds. The summed E-state index contributed by atoms with van der Waals surface area (Å²) >= 11 is 0. The lowest BCUT2D eigenvalue weighted by atomic mass is 10.3. The van der Waals surface area contributed by atoms with Crippen LogP contribution in [0, 0.1) is 10.1 Å². The number of benzene rings is 1. The van der Waals surface area contributed by atoms with E-state index in [1.54, 1.807) is 6.07 Å². The van der Waals surface area contributed by atoms with Crippen molar-refractivity contribution in [2.24, 2.45) is 0 Å². The number of hydrogen-bond acceptors (Lipinski definition) is 6. The van der Waals surface area contributed by atoms with Crippen molar-refractivity contribution in [1.82, 2.24) is 10.3 Å². The summed E-state index contributed by atoms with van der Waals surface area (Å²) < 4.78 is 5.61. The molecule has 1 aromatic carbocycles. The van der Waals surface area contributed by atoms with Gasteiger partial charge in [0.2, 0.25) is 0 Å². The highest BCUT2D eigenvalue weighted by Crippen LogP contribution is 2.25. The number of nitrogens with one attached hydrogen (secondary N) is 1. The second-order valence-corrected chi connectivity index (χ2v) is 4.14. The largest absolute Gasteiger partial charge is 0.423 e. The topological polar surface area (TPSA) is 84.4 Å². The summed E-state index contributed by atoms with van der Waals surface area (Å²) in [6.07, 6.45) is 0. The minimum Gasteiger partial charge on any atom is -0.423 e. The zero-order chi connectivity index (χ0) is 12.5. The van der Waals surface area contributed by atoms with Crippen LogP contribution in [0.4, 0.5) is 11.7 Å². The highest BCUT2D eigenvalue weighted by Gasteiger charge is 2.17. The van der Waals surface area contributed by atoms with Crippen molar-refractivity contribution >= 4 is 22.8 Å². The first-order chi connectivity index (χ1) is 8.74. The standard InChI is InChI=1S/C11H12N4O3/c16-15(17)8-1-2-10-9(7-8)13-11(18-10)14-5-3-12-4-6-14/h1-2,7,12H,3-6H2. The van der Waals surface area contributed by atoms with Crippen LogP contribution in [0.1, 0.15) is 0 Å². The molecule has 1 saturated heterocycles. The minimum atomic E-state index is -0.432. The fourth-order valence-corrected chi connectivity index (χ4v) is 2.01. The van der Waals surface area contributed by atoms with E-state index < -0.39 is 4.92 Å². The molecule has 0 bridgehead atoms. The quantitative estimate of drug-likeness (QED) is 0.633. The van der Waals surface area contributed by atoms with Crippen LogP contribution >= 0.6 is 0 Å². The van der Waals surface area contributed by atoms with E-state index in [0.29, 0.717) is 17.1 Å². The van der Waals surface area contributed by atoms with Gasteiger partial charge in [0.15, 0.2) is 5.58 Å². The summed E-state index contributed by atoms with van der Waals surface area (Å²) in [7, 11) is 0. The number of nitro groups is 1. The molecule has 0 atom stereocenters. The zero-order valence-corrected chi connectivity index (χ0v) is 9.63. The van der Waals surface area contributed by atoms with Crippen LogP contribution in [0.3, 0.4) is 0 Å². The molecular formula is C11H12N4O3. The number of fused-ring (bicyclic) bond motifs is 1. The summed E-state index contributed by atoms with van der Waals surface area (Å²) in [5, 5.41) is 13.9. The first kappa shape index (κ1) is 11.0. The third kappa shape index (κ3) is 1.88. The van der Waals surface area contributed by atoms with E-state index >= 15 is 0 Å². The van der Waals surface area contributed by atoms with Crippen LogP contribution in [0.15, 0.2) is 22.6 Å². The van der Waals surface area contributed by atoms with Crippen LogP contribution in [0.25, 0.3) is 11.1 Å². The summed E-state index contributed by atoms with van der Waals surface area (Å²) in [5.41, 5.74) is 1.13. The van der Waals surface area contributed by atoms with Crippen LogP contribution < -0.4 is 10.2 Å². The third-order valence-corrected chi connectivity index (χ3v) is 2.96. The van der Waals surface area contributed by atoms with Crippen molar-refractivity contribution in [1.29, 1.82) is 0 Å². The van der Waals surface area contributed by atoms with Crippen molar-refractivity contribution < 1.29 is 9.34 Å². The van der Waals surface area contributed by atoms with Crippen molar-refractivity contribution in [2.45, 2.75) is 0 Å². The molecule has 18 heavy (non-hydrogen) atoms. The van der Waals surface area contributed by atoms with Crippen LogP contribution in [0.5, 0.6) is 0 Å². The molecule has 0 radical (unpaired) electrons. The molecule has 1 fully saturated rings. The van der Waals surface area contributed by atoms with E-state index in [0.717, 1.165) is 26.2 Å². The summed E-state index contributed by atoms with van der Waals surface area (Å²) in [4.78, 5) is 16.6. The average Bonchev–Trinajstić information content (AvgIpc) is 2.82. The lowest BCUT2D eigenvalue weighted by Crippen LogP contribution is -2.43. The molecule has 1 aliphatic heterocycles. The summed E-state index contributed by atoms with van der Waals surface area (Å²) in [5.74, 6) is 0. The fourth-order valence-electron chi connectivity index (χ4n) is 2.01. The maximum absolute atomic E-state index is 10.7. The van der Waals surface area contributed by atoms with Crippen molar-refractivity contribution in [3.05, 3.63) is 28.3 Å². The summed E-state index contributed by atoms with van der Waals surface area (Å²) in [6.45, 7) is 3.43. The van der Waals surface area contributed by atoms with Gasteiger partial charge in [-0.25, -0.2) is 0 Å². The fraction of sp³-hybridized carbons (Fsp3) is 0.364. The van der Waals surface area contributed by atoms with Crippen molar-refractivity contribution in [3.63, 3.8) is 0 Å². The number of piperazine rings is 1. The first-order valence-electron chi connectivity index (χ1n) is 5.75. The number of anilines is 1. The Hall–Kier alpha value is -2.15. The number of nitro benzene ring substituents is 1. The summed E-state index contributed by atoms with van der Waals surface area (Å²) in [6, 6.07) is 4.98. The van der Waals surface area contributed by atoms with Gasteiger partial charge in [-0.1, -0.05) is 0 Å². The van der Waals surface area contributed by atoms with Gasteiger partial charge >= 0.3 is 0 Å². The molecule has 0 spiro atoms. The Kier molecular flexibility index (Phi) is 2.60. The predicted molar refractivity (Wildman–Crippen MR) is 65.7 cm³/mol. The normalized spacial score (nSPS) is 16.1. The number of aromatic nitrogens is 1. The van der Waals surface area contributed by atoms with Gasteiger partial charge in [0.1, 0.15) is 5.52 Å². The monoisotopic (exact) mass is 248 g/mol. The average molecular weight is 248 g/mol. The van der Waals surface area contributed by atoms with E-state index in [9.17, 15) is 10.1 Å². The van der Waals surface area contributed by atoms with Gasteiger partial charge in [-0.2, -0.15) is 4.98 Å². The Morgan fingerprint density at radius 3 is 2.89 bits per heavy atom.